The molecule has 29 heavy (non-hydrogen) atoms. The summed E-state index contributed by atoms with van der Waals surface area (Å²) in [5.41, 5.74) is 0.720. The molecule has 1 aliphatic heterocycles. The van der Waals surface area contributed by atoms with E-state index < -0.39 is 0 Å². The number of likely N-dealkylation sites (tertiary alicyclic amines) is 1. The van der Waals surface area contributed by atoms with Gasteiger partial charge in [0, 0.05) is 30.8 Å². The smallest absolute Gasteiger partial charge is 0.229 e. The standard InChI is InChI=1S/C21H28N4O3S/c1-21(2,3)19(27)25-11-9-15(10-12-25)18(26)22-20-24-23-17(29-20)13-14-5-7-16(28-4)8-6-14/h5-8,15H,9-13H2,1-4H3,(H,22,24,26). The lowest BCUT2D eigenvalue weighted by Gasteiger charge is -2.35. The zero-order valence-electron chi connectivity index (χ0n) is 17.4. The van der Waals surface area contributed by atoms with Crippen molar-refractivity contribution in [2.45, 2.75) is 40.0 Å². The first kappa shape index (κ1) is 21.2. The summed E-state index contributed by atoms with van der Waals surface area (Å²) in [7, 11) is 1.64. The Balaban J connectivity index is 1.51. The van der Waals surface area contributed by atoms with Crippen molar-refractivity contribution in [3.63, 3.8) is 0 Å². The summed E-state index contributed by atoms with van der Waals surface area (Å²) in [6.07, 6.45) is 2.00. The van der Waals surface area contributed by atoms with Crippen LogP contribution >= 0.6 is 11.3 Å². The second-order valence-electron chi connectivity index (χ2n) is 8.33. The molecule has 1 aromatic carbocycles. The Hall–Kier alpha value is -2.48. The highest BCUT2D eigenvalue weighted by Gasteiger charge is 2.32. The van der Waals surface area contributed by atoms with E-state index in [1.165, 1.54) is 11.3 Å². The van der Waals surface area contributed by atoms with E-state index in [0.717, 1.165) is 16.3 Å². The Morgan fingerprint density at radius 2 is 1.83 bits per heavy atom. The molecule has 2 amide bonds. The fourth-order valence-corrected chi connectivity index (χ4v) is 4.10. The van der Waals surface area contributed by atoms with Crippen molar-refractivity contribution in [1.29, 1.82) is 0 Å². The molecule has 1 aromatic heterocycles. The van der Waals surface area contributed by atoms with Crippen LogP contribution < -0.4 is 10.1 Å². The van der Waals surface area contributed by atoms with Gasteiger partial charge in [-0.3, -0.25) is 9.59 Å². The molecule has 1 aliphatic rings. The van der Waals surface area contributed by atoms with Gasteiger partial charge in [-0.25, -0.2) is 0 Å². The predicted molar refractivity (Wildman–Crippen MR) is 113 cm³/mol. The lowest BCUT2D eigenvalue weighted by Crippen LogP contribution is -2.45. The molecule has 0 radical (unpaired) electrons. The summed E-state index contributed by atoms with van der Waals surface area (Å²) < 4.78 is 5.17. The van der Waals surface area contributed by atoms with Crippen molar-refractivity contribution in [2.24, 2.45) is 11.3 Å². The maximum absolute atomic E-state index is 12.6. The number of amides is 2. The molecule has 1 fully saturated rings. The molecule has 2 heterocycles. The lowest BCUT2D eigenvalue weighted by molar-refractivity contribution is -0.142. The third-order valence-electron chi connectivity index (χ3n) is 5.01. The molecule has 2 aromatic rings. The maximum atomic E-state index is 12.6. The molecule has 0 unspecified atom stereocenters. The third kappa shape index (κ3) is 5.53. The molecule has 0 atom stereocenters. The van der Waals surface area contributed by atoms with E-state index in [4.69, 9.17) is 4.74 Å². The van der Waals surface area contributed by atoms with Crippen LogP contribution in [0.25, 0.3) is 0 Å². The van der Waals surface area contributed by atoms with Crippen LogP contribution in [-0.4, -0.2) is 47.1 Å². The minimum atomic E-state index is -0.387. The van der Waals surface area contributed by atoms with Crippen LogP contribution in [0.2, 0.25) is 0 Å². The van der Waals surface area contributed by atoms with Crippen molar-refractivity contribution in [2.75, 3.05) is 25.5 Å². The topological polar surface area (TPSA) is 84.4 Å². The number of carbonyl (C=O) groups is 2. The van der Waals surface area contributed by atoms with Gasteiger partial charge in [0.15, 0.2) is 0 Å². The first-order valence-corrected chi connectivity index (χ1v) is 10.6. The molecule has 1 saturated heterocycles. The average molecular weight is 417 g/mol. The fourth-order valence-electron chi connectivity index (χ4n) is 3.32. The van der Waals surface area contributed by atoms with Crippen LogP contribution in [0.15, 0.2) is 24.3 Å². The highest BCUT2D eigenvalue weighted by molar-refractivity contribution is 7.15. The van der Waals surface area contributed by atoms with E-state index in [1.54, 1.807) is 7.11 Å². The summed E-state index contributed by atoms with van der Waals surface area (Å²) in [4.78, 5) is 26.8. The largest absolute Gasteiger partial charge is 0.497 e. The van der Waals surface area contributed by atoms with Crippen LogP contribution in [0.4, 0.5) is 5.13 Å². The van der Waals surface area contributed by atoms with Gasteiger partial charge in [-0.15, -0.1) is 10.2 Å². The average Bonchev–Trinajstić information content (AvgIpc) is 3.14. The van der Waals surface area contributed by atoms with Gasteiger partial charge >= 0.3 is 0 Å². The fraction of sp³-hybridized carbons (Fsp3) is 0.524. The zero-order chi connectivity index (χ0) is 21.0. The number of benzene rings is 1. The molecule has 0 spiro atoms. The van der Waals surface area contributed by atoms with Gasteiger partial charge in [-0.05, 0) is 30.5 Å². The van der Waals surface area contributed by atoms with Crippen LogP contribution in [0, 0.1) is 11.3 Å². The van der Waals surface area contributed by atoms with Crippen molar-refractivity contribution in [3.8, 4) is 5.75 Å². The van der Waals surface area contributed by atoms with Gasteiger partial charge in [-0.1, -0.05) is 44.2 Å². The molecule has 3 rings (SSSR count). The first-order valence-electron chi connectivity index (χ1n) is 9.82. The number of carbonyl (C=O) groups excluding carboxylic acids is 2. The van der Waals surface area contributed by atoms with Crippen molar-refractivity contribution >= 4 is 28.3 Å². The number of methoxy groups -OCH3 is 1. The number of rotatable bonds is 5. The van der Waals surface area contributed by atoms with Gasteiger partial charge in [0.1, 0.15) is 10.8 Å². The summed E-state index contributed by atoms with van der Waals surface area (Å²) in [5.74, 6) is 0.811. The summed E-state index contributed by atoms with van der Waals surface area (Å²) in [6, 6.07) is 7.81. The zero-order valence-corrected chi connectivity index (χ0v) is 18.2. The number of hydrogen-bond donors (Lipinski definition) is 1. The normalized spacial score (nSPS) is 15.2. The molecular formula is C21H28N4O3S. The number of ether oxygens (including phenoxy) is 1. The van der Waals surface area contributed by atoms with Gasteiger partial charge in [0.25, 0.3) is 0 Å². The Bertz CT molecular complexity index is 850. The van der Waals surface area contributed by atoms with Crippen molar-refractivity contribution in [3.05, 3.63) is 34.8 Å². The Morgan fingerprint density at radius 3 is 2.41 bits per heavy atom. The summed E-state index contributed by atoms with van der Waals surface area (Å²) in [5, 5.41) is 12.5. The highest BCUT2D eigenvalue weighted by Crippen LogP contribution is 2.25. The summed E-state index contributed by atoms with van der Waals surface area (Å²) in [6.45, 7) is 7.01. The Morgan fingerprint density at radius 1 is 1.17 bits per heavy atom. The maximum Gasteiger partial charge on any atom is 0.229 e. The van der Waals surface area contributed by atoms with E-state index in [2.05, 4.69) is 15.5 Å². The molecule has 0 bridgehead atoms. The van der Waals surface area contributed by atoms with Gasteiger partial charge < -0.3 is 15.0 Å². The molecular weight excluding hydrogens is 388 g/mol. The number of nitrogens with one attached hydrogen (secondary N) is 1. The van der Waals surface area contributed by atoms with Crippen LogP contribution in [0.5, 0.6) is 5.75 Å². The Labute approximate surface area is 175 Å². The van der Waals surface area contributed by atoms with Crippen molar-refractivity contribution < 1.29 is 14.3 Å². The molecule has 8 heteroatoms. The highest BCUT2D eigenvalue weighted by atomic mass is 32.1. The third-order valence-corrected chi connectivity index (χ3v) is 5.84. The number of piperidine rings is 1. The molecule has 7 nitrogen and oxygen atoms in total. The number of nitrogens with zero attached hydrogens (tertiary/aromatic N) is 3. The number of anilines is 1. The molecule has 156 valence electrons. The SMILES string of the molecule is COc1ccc(Cc2nnc(NC(=O)C3CCN(C(=O)C(C)(C)C)CC3)s2)cc1. The van der Waals surface area contributed by atoms with Gasteiger partial charge in [0.05, 0.1) is 7.11 Å². The first-order chi connectivity index (χ1) is 13.8. The van der Waals surface area contributed by atoms with E-state index in [1.807, 2.05) is 49.9 Å². The van der Waals surface area contributed by atoms with Crippen LogP contribution in [-0.2, 0) is 16.0 Å². The van der Waals surface area contributed by atoms with Crippen LogP contribution in [0.3, 0.4) is 0 Å². The Kier molecular flexibility index (Phi) is 6.52. The minimum absolute atomic E-state index is 0.0417. The number of aromatic nitrogens is 2. The van der Waals surface area contributed by atoms with Crippen molar-refractivity contribution in [1.82, 2.24) is 15.1 Å². The molecule has 1 N–H and O–H groups in total. The van der Waals surface area contributed by atoms with Crippen LogP contribution in [0.1, 0.15) is 44.2 Å². The van der Waals surface area contributed by atoms with E-state index >= 15 is 0 Å². The van der Waals surface area contributed by atoms with E-state index in [0.29, 0.717) is 37.5 Å². The quantitative estimate of drug-likeness (QED) is 0.808. The minimum Gasteiger partial charge on any atom is -0.497 e. The summed E-state index contributed by atoms with van der Waals surface area (Å²) >= 11 is 1.39. The monoisotopic (exact) mass is 416 g/mol. The van der Waals surface area contributed by atoms with E-state index in [-0.39, 0.29) is 23.1 Å². The molecule has 0 aliphatic carbocycles. The number of hydrogen-bond acceptors (Lipinski definition) is 6. The van der Waals surface area contributed by atoms with Gasteiger partial charge in [-0.2, -0.15) is 0 Å². The van der Waals surface area contributed by atoms with Gasteiger partial charge in [0.2, 0.25) is 16.9 Å². The predicted octanol–water partition coefficient (Wildman–Crippen LogP) is 3.36. The second-order valence-corrected chi connectivity index (χ2v) is 9.39. The lowest BCUT2D eigenvalue weighted by atomic mass is 9.91. The molecule has 0 saturated carbocycles. The second kappa shape index (κ2) is 8.90. The van der Waals surface area contributed by atoms with E-state index in [9.17, 15) is 9.59 Å².